The van der Waals surface area contributed by atoms with Gasteiger partial charge in [-0.25, -0.2) is 0 Å². The number of hydrogen-bond acceptors (Lipinski definition) is 3. The number of alkyl halides is 1. The zero-order valence-electron chi connectivity index (χ0n) is 14.5. The summed E-state index contributed by atoms with van der Waals surface area (Å²) in [5, 5.41) is 3.74. The van der Waals surface area contributed by atoms with E-state index < -0.39 is 5.60 Å². The van der Waals surface area contributed by atoms with Crippen molar-refractivity contribution < 1.29 is 14.3 Å². The summed E-state index contributed by atoms with van der Waals surface area (Å²) in [6.07, 6.45) is 1.58. The summed E-state index contributed by atoms with van der Waals surface area (Å²) in [6, 6.07) is 7.39. The Morgan fingerprint density at radius 2 is 1.91 bits per heavy atom. The van der Waals surface area contributed by atoms with Crippen molar-refractivity contribution in [1.82, 2.24) is 0 Å². The summed E-state index contributed by atoms with van der Waals surface area (Å²) in [4.78, 5) is 12.7. The van der Waals surface area contributed by atoms with Gasteiger partial charge in [-0.05, 0) is 49.9 Å². The second-order valence-corrected chi connectivity index (χ2v) is 6.99. The van der Waals surface area contributed by atoms with Crippen LogP contribution in [0.25, 0.3) is 0 Å². The first kappa shape index (κ1) is 20.0. The number of carbonyl (C=O) groups is 1. The van der Waals surface area contributed by atoms with Crippen molar-refractivity contribution in [2.24, 2.45) is 5.92 Å². The molecule has 1 aromatic rings. The van der Waals surface area contributed by atoms with E-state index in [1.54, 1.807) is 0 Å². The average molecular weight is 386 g/mol. The van der Waals surface area contributed by atoms with Crippen LogP contribution in [-0.2, 0) is 9.53 Å². The summed E-state index contributed by atoms with van der Waals surface area (Å²) in [6.45, 7) is 9.29. The maximum absolute atomic E-state index is 12.7. The summed E-state index contributed by atoms with van der Waals surface area (Å²) < 4.78 is 11.4. The van der Waals surface area contributed by atoms with E-state index in [2.05, 4.69) is 35.1 Å². The lowest BCUT2D eigenvalue weighted by atomic mass is 9.93. The minimum Gasteiger partial charge on any atom is -0.493 e. The molecule has 0 aromatic heterocycles. The van der Waals surface area contributed by atoms with E-state index in [4.69, 9.17) is 9.47 Å². The summed E-state index contributed by atoms with van der Waals surface area (Å²) in [5.41, 5.74) is -0.0637. The molecule has 0 saturated heterocycles. The quantitative estimate of drug-likeness (QED) is 0.597. The third-order valence-electron chi connectivity index (χ3n) is 3.36. The molecule has 1 rings (SSSR count). The molecule has 5 heteroatoms. The van der Waals surface area contributed by atoms with Gasteiger partial charge in [0.25, 0.3) is 5.91 Å². The molecule has 0 fully saturated rings. The van der Waals surface area contributed by atoms with Crippen LogP contribution in [0.2, 0.25) is 0 Å². The number of amides is 1. The topological polar surface area (TPSA) is 47.6 Å². The van der Waals surface area contributed by atoms with Crippen molar-refractivity contribution in [2.75, 3.05) is 23.9 Å². The zero-order chi connectivity index (χ0) is 17.3. The largest absolute Gasteiger partial charge is 0.493 e. The summed E-state index contributed by atoms with van der Waals surface area (Å²) in [5.74, 6) is 1.06. The van der Waals surface area contributed by atoms with Crippen LogP contribution in [0, 0.1) is 5.92 Å². The molecular weight excluding hydrogens is 358 g/mol. The number of ether oxygens (including phenoxy) is 2. The number of nitrogens with one attached hydrogen (secondary N) is 1. The molecule has 1 N–H and O–H groups in total. The smallest absolute Gasteiger partial charge is 0.256 e. The first-order valence-electron chi connectivity index (χ1n) is 8.15. The lowest BCUT2D eigenvalue weighted by Gasteiger charge is -2.30. The van der Waals surface area contributed by atoms with Crippen molar-refractivity contribution in [1.29, 1.82) is 0 Å². The van der Waals surface area contributed by atoms with Crippen molar-refractivity contribution in [3.63, 3.8) is 0 Å². The first-order valence-corrected chi connectivity index (χ1v) is 9.27. The molecule has 0 bridgehead atoms. The van der Waals surface area contributed by atoms with Gasteiger partial charge in [0.1, 0.15) is 11.4 Å². The van der Waals surface area contributed by atoms with Gasteiger partial charge < -0.3 is 14.8 Å². The normalized spacial score (nSPS) is 13.7. The number of rotatable bonds is 10. The monoisotopic (exact) mass is 385 g/mol. The highest BCUT2D eigenvalue weighted by atomic mass is 79.9. The molecule has 0 heterocycles. The highest BCUT2D eigenvalue weighted by Crippen LogP contribution is 2.24. The number of anilines is 1. The molecule has 0 aliphatic rings. The Kier molecular flexibility index (Phi) is 8.63. The Morgan fingerprint density at radius 3 is 2.43 bits per heavy atom. The second kappa shape index (κ2) is 9.93. The van der Waals surface area contributed by atoms with Crippen LogP contribution in [0.4, 0.5) is 5.69 Å². The fourth-order valence-corrected chi connectivity index (χ4v) is 2.54. The summed E-state index contributed by atoms with van der Waals surface area (Å²) >= 11 is 3.32. The van der Waals surface area contributed by atoms with Gasteiger partial charge in [0.05, 0.1) is 6.61 Å². The molecule has 130 valence electrons. The van der Waals surface area contributed by atoms with E-state index in [1.807, 2.05) is 38.1 Å². The van der Waals surface area contributed by atoms with E-state index in [0.717, 1.165) is 23.2 Å². The van der Waals surface area contributed by atoms with Gasteiger partial charge in [-0.2, -0.15) is 0 Å². The Hall–Kier alpha value is -1.07. The molecule has 0 spiro atoms. The van der Waals surface area contributed by atoms with Gasteiger partial charge in [-0.1, -0.05) is 36.7 Å². The van der Waals surface area contributed by atoms with E-state index in [-0.39, 0.29) is 5.91 Å². The third kappa shape index (κ3) is 6.92. The minimum atomic E-state index is -0.810. The summed E-state index contributed by atoms with van der Waals surface area (Å²) in [7, 11) is 0. The van der Waals surface area contributed by atoms with Crippen molar-refractivity contribution in [2.45, 2.75) is 46.1 Å². The van der Waals surface area contributed by atoms with E-state index >= 15 is 0 Å². The van der Waals surface area contributed by atoms with Crippen LogP contribution in [0.5, 0.6) is 5.75 Å². The molecule has 1 aromatic carbocycles. The maximum Gasteiger partial charge on any atom is 0.256 e. The van der Waals surface area contributed by atoms with Crippen LogP contribution in [-0.4, -0.2) is 30.1 Å². The minimum absolute atomic E-state index is 0.103. The predicted molar refractivity (Wildman–Crippen MR) is 98.5 cm³/mol. The fourth-order valence-electron chi connectivity index (χ4n) is 2.38. The third-order valence-corrected chi connectivity index (χ3v) is 3.68. The van der Waals surface area contributed by atoms with Crippen LogP contribution in [0.15, 0.2) is 24.3 Å². The standard InChI is InChI=1S/C18H28BrNO3/c1-5-11-23-18(4,13-14(2)3)17(21)20-15-6-8-16(9-7-15)22-12-10-19/h6-9,14H,5,10-13H2,1-4H3,(H,20,21)/t18-/m0/s1. The Labute approximate surface area is 148 Å². The van der Waals surface area contributed by atoms with Crippen LogP contribution in [0.1, 0.15) is 40.5 Å². The fraction of sp³-hybridized carbons (Fsp3) is 0.611. The molecule has 1 atom stereocenters. The van der Waals surface area contributed by atoms with Crippen molar-refractivity contribution >= 4 is 27.5 Å². The van der Waals surface area contributed by atoms with Crippen LogP contribution in [0.3, 0.4) is 0 Å². The number of halogens is 1. The van der Waals surface area contributed by atoms with Gasteiger partial charge in [0.2, 0.25) is 0 Å². The molecule has 4 nitrogen and oxygen atoms in total. The highest BCUT2D eigenvalue weighted by molar-refractivity contribution is 9.09. The van der Waals surface area contributed by atoms with Crippen molar-refractivity contribution in [3.05, 3.63) is 24.3 Å². The zero-order valence-corrected chi connectivity index (χ0v) is 16.1. The predicted octanol–water partition coefficient (Wildman–Crippen LogP) is 4.63. The molecular formula is C18H28BrNO3. The van der Waals surface area contributed by atoms with Gasteiger partial charge >= 0.3 is 0 Å². The first-order chi connectivity index (χ1) is 10.9. The van der Waals surface area contributed by atoms with Gasteiger partial charge in [-0.3, -0.25) is 4.79 Å². The number of carbonyl (C=O) groups excluding carboxylic acids is 1. The van der Waals surface area contributed by atoms with Crippen LogP contribution >= 0.6 is 15.9 Å². The lowest BCUT2D eigenvalue weighted by molar-refractivity contribution is -0.141. The van der Waals surface area contributed by atoms with Gasteiger partial charge in [-0.15, -0.1) is 0 Å². The SMILES string of the molecule is CCCO[C@@](C)(CC(C)C)C(=O)Nc1ccc(OCCBr)cc1. The molecule has 0 unspecified atom stereocenters. The van der Waals surface area contributed by atoms with Crippen LogP contribution < -0.4 is 10.1 Å². The lowest BCUT2D eigenvalue weighted by Crippen LogP contribution is -2.44. The molecule has 0 aliphatic carbocycles. The molecule has 1 amide bonds. The molecule has 23 heavy (non-hydrogen) atoms. The maximum atomic E-state index is 12.7. The van der Waals surface area contributed by atoms with Crippen molar-refractivity contribution in [3.8, 4) is 5.75 Å². The number of hydrogen-bond donors (Lipinski definition) is 1. The van der Waals surface area contributed by atoms with Gasteiger partial charge in [0.15, 0.2) is 0 Å². The highest BCUT2D eigenvalue weighted by Gasteiger charge is 2.34. The van der Waals surface area contributed by atoms with Gasteiger partial charge in [0, 0.05) is 17.6 Å². The molecule has 0 radical (unpaired) electrons. The molecule has 0 saturated carbocycles. The van der Waals surface area contributed by atoms with E-state index in [1.165, 1.54) is 0 Å². The second-order valence-electron chi connectivity index (χ2n) is 6.19. The number of benzene rings is 1. The molecule has 0 aliphatic heterocycles. The Bertz CT molecular complexity index is 476. The Morgan fingerprint density at radius 1 is 1.26 bits per heavy atom. The van der Waals surface area contributed by atoms with E-state index in [9.17, 15) is 4.79 Å². The Balaban J connectivity index is 2.73. The van der Waals surface area contributed by atoms with E-state index in [0.29, 0.717) is 25.6 Å². The average Bonchev–Trinajstić information content (AvgIpc) is 2.51.